The van der Waals surface area contributed by atoms with Crippen LogP contribution in [0, 0.1) is 0 Å². The van der Waals surface area contributed by atoms with Gasteiger partial charge in [0.1, 0.15) is 11.0 Å². The third-order valence-corrected chi connectivity index (χ3v) is 4.11. The van der Waals surface area contributed by atoms with E-state index in [0.29, 0.717) is 6.54 Å². The molecular formula is C17H16N2OS. The van der Waals surface area contributed by atoms with Crippen molar-refractivity contribution in [3.05, 3.63) is 88.4 Å². The number of rotatable bonds is 5. The fourth-order valence-corrected chi connectivity index (χ4v) is 3.08. The standard InChI is InChI=1S/C17H16N2OS/c20-19(13-14-7-3-1-4-8-14)16(17-18-11-12-21-17)15-9-5-2-6-10-15/h1-12,16,20H,13H2/t16-/m0/s1. The third-order valence-electron chi connectivity index (χ3n) is 3.29. The summed E-state index contributed by atoms with van der Waals surface area (Å²) >= 11 is 1.55. The van der Waals surface area contributed by atoms with Crippen LogP contribution in [0.2, 0.25) is 0 Å². The zero-order chi connectivity index (χ0) is 14.5. The summed E-state index contributed by atoms with van der Waals surface area (Å²) in [6, 6.07) is 19.7. The average molecular weight is 296 g/mol. The molecule has 0 aliphatic heterocycles. The van der Waals surface area contributed by atoms with Crippen LogP contribution < -0.4 is 0 Å². The number of aromatic nitrogens is 1. The highest BCUT2D eigenvalue weighted by atomic mass is 32.1. The lowest BCUT2D eigenvalue weighted by Gasteiger charge is -2.25. The normalized spacial score (nSPS) is 12.5. The van der Waals surface area contributed by atoms with Crippen molar-refractivity contribution in [3.8, 4) is 0 Å². The zero-order valence-corrected chi connectivity index (χ0v) is 12.3. The molecule has 0 unspecified atom stereocenters. The summed E-state index contributed by atoms with van der Waals surface area (Å²) in [6.07, 6.45) is 1.77. The Morgan fingerprint density at radius 1 is 1.00 bits per heavy atom. The van der Waals surface area contributed by atoms with Crippen molar-refractivity contribution in [1.29, 1.82) is 0 Å². The molecule has 3 nitrogen and oxygen atoms in total. The Balaban J connectivity index is 1.89. The Morgan fingerprint density at radius 3 is 2.29 bits per heavy atom. The zero-order valence-electron chi connectivity index (χ0n) is 11.5. The summed E-state index contributed by atoms with van der Waals surface area (Å²) in [7, 11) is 0. The summed E-state index contributed by atoms with van der Waals surface area (Å²) in [5.74, 6) is 0. The van der Waals surface area contributed by atoms with E-state index in [1.165, 1.54) is 5.06 Å². The molecule has 2 aromatic carbocycles. The minimum Gasteiger partial charge on any atom is -0.313 e. The maximum atomic E-state index is 10.6. The highest BCUT2D eigenvalue weighted by Crippen LogP contribution is 2.29. The molecule has 3 rings (SSSR count). The number of hydrogen-bond acceptors (Lipinski definition) is 4. The molecule has 4 heteroatoms. The van der Waals surface area contributed by atoms with E-state index in [4.69, 9.17) is 0 Å². The van der Waals surface area contributed by atoms with Gasteiger partial charge >= 0.3 is 0 Å². The Bertz CT molecular complexity index is 656. The maximum absolute atomic E-state index is 10.6. The Hall–Kier alpha value is -2.01. The van der Waals surface area contributed by atoms with E-state index in [-0.39, 0.29) is 6.04 Å². The molecule has 1 heterocycles. The second-order valence-electron chi connectivity index (χ2n) is 4.77. The van der Waals surface area contributed by atoms with Crippen LogP contribution in [0.1, 0.15) is 22.2 Å². The topological polar surface area (TPSA) is 36.4 Å². The van der Waals surface area contributed by atoms with Crippen molar-refractivity contribution in [2.75, 3.05) is 0 Å². The highest BCUT2D eigenvalue weighted by Gasteiger charge is 2.23. The van der Waals surface area contributed by atoms with Crippen LogP contribution >= 0.6 is 11.3 Å². The fraction of sp³-hybridized carbons (Fsp3) is 0.118. The predicted molar refractivity (Wildman–Crippen MR) is 84.2 cm³/mol. The van der Waals surface area contributed by atoms with Crippen molar-refractivity contribution < 1.29 is 5.21 Å². The van der Waals surface area contributed by atoms with E-state index < -0.39 is 0 Å². The lowest BCUT2D eigenvalue weighted by atomic mass is 10.1. The lowest BCUT2D eigenvalue weighted by Crippen LogP contribution is -2.25. The van der Waals surface area contributed by atoms with E-state index in [1.54, 1.807) is 17.5 Å². The predicted octanol–water partition coefficient (Wildman–Crippen LogP) is 4.12. The van der Waals surface area contributed by atoms with Crippen molar-refractivity contribution >= 4 is 11.3 Å². The molecule has 0 aliphatic carbocycles. The van der Waals surface area contributed by atoms with Gasteiger partial charge in [0.2, 0.25) is 0 Å². The van der Waals surface area contributed by atoms with Crippen molar-refractivity contribution in [2.45, 2.75) is 12.6 Å². The first kappa shape index (κ1) is 13.9. The number of nitrogens with zero attached hydrogens (tertiary/aromatic N) is 2. The average Bonchev–Trinajstić information content (AvgIpc) is 3.03. The van der Waals surface area contributed by atoms with E-state index in [0.717, 1.165) is 16.1 Å². The van der Waals surface area contributed by atoms with Crippen molar-refractivity contribution in [2.24, 2.45) is 0 Å². The van der Waals surface area contributed by atoms with E-state index >= 15 is 0 Å². The maximum Gasteiger partial charge on any atom is 0.117 e. The summed E-state index contributed by atoms with van der Waals surface area (Å²) in [5, 5.41) is 14.8. The molecule has 0 radical (unpaired) electrons. The van der Waals surface area contributed by atoms with Gasteiger partial charge in [0.15, 0.2) is 0 Å². The second-order valence-corrected chi connectivity index (χ2v) is 5.69. The molecule has 0 saturated heterocycles. The largest absolute Gasteiger partial charge is 0.313 e. The molecule has 106 valence electrons. The van der Waals surface area contributed by atoms with Crippen molar-refractivity contribution in [3.63, 3.8) is 0 Å². The molecule has 0 amide bonds. The summed E-state index contributed by atoms with van der Waals surface area (Å²) in [4.78, 5) is 4.37. The van der Waals surface area contributed by atoms with Crippen LogP contribution in [-0.4, -0.2) is 15.3 Å². The first-order chi connectivity index (χ1) is 10.3. The number of hydroxylamine groups is 2. The Morgan fingerprint density at radius 2 is 1.67 bits per heavy atom. The van der Waals surface area contributed by atoms with Gasteiger partial charge in [-0.2, -0.15) is 5.06 Å². The molecule has 0 aliphatic rings. The lowest BCUT2D eigenvalue weighted by molar-refractivity contribution is -0.125. The Kier molecular flexibility index (Phi) is 4.40. The van der Waals surface area contributed by atoms with E-state index in [9.17, 15) is 5.21 Å². The molecule has 1 aromatic heterocycles. The van der Waals surface area contributed by atoms with Gasteiger partial charge in [0.05, 0.1) is 6.54 Å². The molecule has 1 atom stereocenters. The number of hydrogen-bond donors (Lipinski definition) is 1. The fourth-order valence-electron chi connectivity index (χ4n) is 2.31. The van der Waals surface area contributed by atoms with Gasteiger partial charge in [-0.05, 0) is 11.1 Å². The molecule has 0 spiro atoms. The van der Waals surface area contributed by atoms with Crippen LogP contribution in [0.25, 0.3) is 0 Å². The Labute approximate surface area is 128 Å². The van der Waals surface area contributed by atoms with Gasteiger partial charge in [0.25, 0.3) is 0 Å². The minimum atomic E-state index is -0.244. The highest BCUT2D eigenvalue weighted by molar-refractivity contribution is 7.09. The smallest absolute Gasteiger partial charge is 0.117 e. The monoisotopic (exact) mass is 296 g/mol. The van der Waals surface area contributed by atoms with Crippen LogP contribution in [0.15, 0.2) is 72.2 Å². The van der Waals surface area contributed by atoms with Crippen LogP contribution in [0.5, 0.6) is 0 Å². The first-order valence-corrected chi connectivity index (χ1v) is 7.66. The number of benzene rings is 2. The van der Waals surface area contributed by atoms with Gasteiger partial charge in [-0.1, -0.05) is 60.7 Å². The molecule has 3 aromatic rings. The molecule has 0 fully saturated rings. The SMILES string of the molecule is ON(Cc1ccccc1)[C@@H](c1ccccc1)c1nccs1. The molecule has 0 bridgehead atoms. The second kappa shape index (κ2) is 6.63. The summed E-state index contributed by atoms with van der Waals surface area (Å²) in [5.41, 5.74) is 2.10. The first-order valence-electron chi connectivity index (χ1n) is 6.78. The summed E-state index contributed by atoms with van der Waals surface area (Å²) in [6.45, 7) is 0.458. The third kappa shape index (κ3) is 3.36. The van der Waals surface area contributed by atoms with E-state index in [1.807, 2.05) is 66.0 Å². The van der Waals surface area contributed by atoms with Gasteiger partial charge in [-0.3, -0.25) is 0 Å². The quantitative estimate of drug-likeness (QED) is 0.719. The summed E-state index contributed by atoms with van der Waals surface area (Å²) < 4.78 is 0. The molecular weight excluding hydrogens is 280 g/mol. The molecule has 1 N–H and O–H groups in total. The van der Waals surface area contributed by atoms with Crippen LogP contribution in [-0.2, 0) is 6.54 Å². The molecule has 0 saturated carbocycles. The van der Waals surface area contributed by atoms with Crippen LogP contribution in [0.3, 0.4) is 0 Å². The molecule has 21 heavy (non-hydrogen) atoms. The van der Waals surface area contributed by atoms with Gasteiger partial charge in [-0.25, -0.2) is 4.98 Å². The van der Waals surface area contributed by atoms with Gasteiger partial charge in [0, 0.05) is 11.6 Å². The van der Waals surface area contributed by atoms with Gasteiger partial charge < -0.3 is 5.21 Å². The van der Waals surface area contributed by atoms with Crippen molar-refractivity contribution in [1.82, 2.24) is 10.0 Å². The minimum absolute atomic E-state index is 0.244. The van der Waals surface area contributed by atoms with E-state index in [2.05, 4.69) is 4.98 Å². The van der Waals surface area contributed by atoms with Gasteiger partial charge in [-0.15, -0.1) is 11.3 Å². The van der Waals surface area contributed by atoms with Crippen LogP contribution in [0.4, 0.5) is 0 Å². The number of thiazole rings is 1.